The summed E-state index contributed by atoms with van der Waals surface area (Å²) in [6.07, 6.45) is 0. The maximum absolute atomic E-state index is 13.1. The van der Waals surface area contributed by atoms with E-state index in [4.69, 9.17) is 23.2 Å². The Balaban J connectivity index is 1.82. The van der Waals surface area contributed by atoms with Crippen molar-refractivity contribution >= 4 is 34.8 Å². The Morgan fingerprint density at radius 3 is 2.19 bits per heavy atom. The van der Waals surface area contributed by atoms with Gasteiger partial charge in [0.15, 0.2) is 5.82 Å². The summed E-state index contributed by atoms with van der Waals surface area (Å²) in [5.41, 5.74) is 5.17. The Morgan fingerprint density at radius 1 is 0.871 bits per heavy atom. The van der Waals surface area contributed by atoms with Crippen molar-refractivity contribution in [2.24, 2.45) is 0 Å². The zero-order valence-electron chi connectivity index (χ0n) is 17.3. The van der Waals surface area contributed by atoms with Crippen molar-refractivity contribution < 1.29 is 4.79 Å². The third kappa shape index (κ3) is 4.33. The molecule has 0 aliphatic heterocycles. The molecule has 31 heavy (non-hydrogen) atoms. The van der Waals surface area contributed by atoms with Crippen LogP contribution in [-0.2, 0) is 0 Å². The Kier molecular flexibility index (Phi) is 5.81. The molecule has 7 heteroatoms. The van der Waals surface area contributed by atoms with Gasteiger partial charge in [0.05, 0.1) is 5.69 Å². The van der Waals surface area contributed by atoms with Crippen molar-refractivity contribution in [3.63, 3.8) is 0 Å². The van der Waals surface area contributed by atoms with Crippen LogP contribution >= 0.6 is 23.2 Å². The molecule has 0 aliphatic rings. The molecule has 1 aromatic heterocycles. The number of nitrogens with one attached hydrogen (secondary N) is 1. The lowest BCUT2D eigenvalue weighted by Crippen LogP contribution is -2.16. The Bertz CT molecular complexity index is 1260. The third-order valence-electron chi connectivity index (χ3n) is 5.03. The molecule has 0 atom stereocenters. The first-order valence-electron chi connectivity index (χ1n) is 9.70. The summed E-state index contributed by atoms with van der Waals surface area (Å²) < 4.78 is 1.64. The molecule has 0 radical (unpaired) electrons. The maximum Gasteiger partial charge on any atom is 0.295 e. The first-order chi connectivity index (χ1) is 14.8. The average Bonchev–Trinajstić information content (AvgIpc) is 3.18. The number of carbonyl (C=O) groups excluding carboxylic acids is 1. The van der Waals surface area contributed by atoms with E-state index < -0.39 is 0 Å². The van der Waals surface area contributed by atoms with Crippen molar-refractivity contribution in [3.05, 3.63) is 93.2 Å². The number of hydrogen-bond acceptors (Lipinski definition) is 3. The van der Waals surface area contributed by atoms with Gasteiger partial charge in [-0.2, -0.15) is 0 Å². The summed E-state index contributed by atoms with van der Waals surface area (Å²) in [6, 6.07) is 18.6. The van der Waals surface area contributed by atoms with Gasteiger partial charge in [-0.05, 0) is 73.9 Å². The van der Waals surface area contributed by atoms with Crippen LogP contribution < -0.4 is 5.32 Å². The number of aryl methyl sites for hydroxylation is 3. The zero-order chi connectivity index (χ0) is 22.1. The minimum atomic E-state index is -0.383. The van der Waals surface area contributed by atoms with Gasteiger partial charge in [0.2, 0.25) is 5.82 Å². The normalized spacial score (nSPS) is 10.9. The van der Waals surface area contributed by atoms with E-state index in [0.29, 0.717) is 15.9 Å². The van der Waals surface area contributed by atoms with E-state index in [2.05, 4.69) is 15.4 Å². The highest BCUT2D eigenvalue weighted by Gasteiger charge is 2.21. The predicted molar refractivity (Wildman–Crippen MR) is 125 cm³/mol. The molecule has 0 saturated carbocycles. The monoisotopic (exact) mass is 450 g/mol. The topological polar surface area (TPSA) is 59.8 Å². The van der Waals surface area contributed by atoms with Gasteiger partial charge in [0.1, 0.15) is 0 Å². The number of amides is 1. The van der Waals surface area contributed by atoms with Crippen LogP contribution in [0.5, 0.6) is 0 Å². The third-order valence-corrected chi connectivity index (χ3v) is 5.52. The summed E-state index contributed by atoms with van der Waals surface area (Å²) >= 11 is 12.3. The average molecular weight is 451 g/mol. The summed E-state index contributed by atoms with van der Waals surface area (Å²) in [6.45, 7) is 5.85. The number of hydrogen-bond donors (Lipinski definition) is 1. The van der Waals surface area contributed by atoms with Crippen LogP contribution in [-0.4, -0.2) is 20.7 Å². The predicted octanol–water partition coefficient (Wildman–Crippen LogP) is 6.42. The minimum absolute atomic E-state index is 0.0620. The standard InChI is InChI=1S/C24H20Cl2N4O/c1-14-7-10-19(26)13-20(14)30-23(17-8-11-18(25)12-9-17)28-22(29-30)24(31)27-21-15(2)5-4-6-16(21)3/h4-13H,1-3H3,(H,27,31). The molecule has 0 unspecified atom stereocenters. The molecule has 4 aromatic rings. The number of benzene rings is 3. The van der Waals surface area contributed by atoms with Gasteiger partial charge in [0, 0.05) is 21.3 Å². The van der Waals surface area contributed by atoms with E-state index in [-0.39, 0.29) is 11.7 Å². The number of aromatic nitrogens is 3. The molecule has 4 rings (SSSR count). The van der Waals surface area contributed by atoms with Crippen LogP contribution in [0.4, 0.5) is 5.69 Å². The van der Waals surface area contributed by atoms with E-state index in [1.54, 1.807) is 22.9 Å². The fraction of sp³-hybridized carbons (Fsp3) is 0.125. The van der Waals surface area contributed by atoms with Crippen molar-refractivity contribution in [1.29, 1.82) is 0 Å². The second-order valence-corrected chi connectivity index (χ2v) is 8.20. The largest absolute Gasteiger partial charge is 0.319 e. The molecule has 0 fully saturated rings. The molecule has 0 saturated heterocycles. The van der Waals surface area contributed by atoms with E-state index in [9.17, 15) is 4.79 Å². The lowest BCUT2D eigenvalue weighted by atomic mass is 10.1. The van der Waals surface area contributed by atoms with Crippen LogP contribution in [0, 0.1) is 20.8 Å². The Morgan fingerprint density at radius 2 is 1.52 bits per heavy atom. The van der Waals surface area contributed by atoms with Gasteiger partial charge >= 0.3 is 0 Å². The number of anilines is 1. The molecular formula is C24H20Cl2N4O. The van der Waals surface area contributed by atoms with Crippen LogP contribution in [0.15, 0.2) is 60.7 Å². The molecular weight excluding hydrogens is 431 g/mol. The molecule has 3 aromatic carbocycles. The second kappa shape index (κ2) is 8.53. The number of rotatable bonds is 4. The summed E-state index contributed by atoms with van der Waals surface area (Å²) in [7, 11) is 0. The van der Waals surface area contributed by atoms with Gasteiger partial charge in [-0.3, -0.25) is 4.79 Å². The van der Waals surface area contributed by atoms with Crippen LogP contribution in [0.1, 0.15) is 27.3 Å². The maximum atomic E-state index is 13.1. The second-order valence-electron chi connectivity index (χ2n) is 7.33. The van der Waals surface area contributed by atoms with Crippen molar-refractivity contribution in [2.45, 2.75) is 20.8 Å². The zero-order valence-corrected chi connectivity index (χ0v) is 18.8. The molecule has 0 bridgehead atoms. The van der Waals surface area contributed by atoms with Crippen LogP contribution in [0.25, 0.3) is 17.1 Å². The van der Waals surface area contributed by atoms with Gasteiger partial charge in [-0.25, -0.2) is 9.67 Å². The minimum Gasteiger partial charge on any atom is -0.319 e. The molecule has 5 nitrogen and oxygen atoms in total. The van der Waals surface area contributed by atoms with E-state index in [0.717, 1.165) is 33.6 Å². The van der Waals surface area contributed by atoms with Crippen molar-refractivity contribution in [1.82, 2.24) is 14.8 Å². The summed E-state index contributed by atoms with van der Waals surface area (Å²) in [5.74, 6) is 0.201. The number of halogens is 2. The van der Waals surface area contributed by atoms with Crippen LogP contribution in [0.3, 0.4) is 0 Å². The smallest absolute Gasteiger partial charge is 0.295 e. The molecule has 1 amide bonds. The fourth-order valence-corrected chi connectivity index (χ4v) is 3.65. The van der Waals surface area contributed by atoms with E-state index >= 15 is 0 Å². The van der Waals surface area contributed by atoms with Gasteiger partial charge in [0.25, 0.3) is 5.91 Å². The molecule has 1 N–H and O–H groups in total. The van der Waals surface area contributed by atoms with Crippen LogP contribution in [0.2, 0.25) is 10.0 Å². The first kappa shape index (κ1) is 21.1. The number of nitrogens with zero attached hydrogens (tertiary/aromatic N) is 3. The SMILES string of the molecule is Cc1ccc(Cl)cc1-n1nc(C(=O)Nc2c(C)cccc2C)nc1-c1ccc(Cl)cc1. The highest BCUT2D eigenvalue weighted by molar-refractivity contribution is 6.31. The number of carbonyl (C=O) groups is 1. The van der Waals surface area contributed by atoms with Gasteiger partial charge < -0.3 is 5.32 Å². The van der Waals surface area contributed by atoms with Crippen molar-refractivity contribution in [3.8, 4) is 17.1 Å². The molecule has 0 aliphatic carbocycles. The summed E-state index contributed by atoms with van der Waals surface area (Å²) in [4.78, 5) is 17.6. The molecule has 0 spiro atoms. The van der Waals surface area contributed by atoms with Crippen molar-refractivity contribution in [2.75, 3.05) is 5.32 Å². The quantitative estimate of drug-likeness (QED) is 0.390. The highest BCUT2D eigenvalue weighted by Crippen LogP contribution is 2.27. The van der Waals surface area contributed by atoms with Gasteiger partial charge in [-0.1, -0.05) is 47.5 Å². The molecule has 156 valence electrons. The Hall–Kier alpha value is -3.15. The van der Waals surface area contributed by atoms with Gasteiger partial charge in [-0.15, -0.1) is 5.10 Å². The molecule has 1 heterocycles. The first-order valence-corrected chi connectivity index (χ1v) is 10.5. The van der Waals surface area contributed by atoms with E-state index in [1.165, 1.54) is 0 Å². The highest BCUT2D eigenvalue weighted by atomic mass is 35.5. The fourth-order valence-electron chi connectivity index (χ4n) is 3.35. The summed E-state index contributed by atoms with van der Waals surface area (Å²) in [5, 5.41) is 8.67. The number of para-hydroxylation sites is 1. The Labute approximate surface area is 190 Å². The lowest BCUT2D eigenvalue weighted by molar-refractivity contribution is 0.101. The van der Waals surface area contributed by atoms with E-state index in [1.807, 2.05) is 63.2 Å². The lowest BCUT2D eigenvalue weighted by Gasteiger charge is -2.10.